The van der Waals surface area contributed by atoms with E-state index in [9.17, 15) is 4.79 Å². The Bertz CT molecular complexity index is 187. The molecule has 0 saturated heterocycles. The molecule has 0 aliphatic heterocycles. The van der Waals surface area contributed by atoms with Crippen molar-refractivity contribution in [2.24, 2.45) is 0 Å². The normalized spacial score (nSPS) is 13.5. The van der Waals surface area contributed by atoms with Crippen LogP contribution in [0.3, 0.4) is 0 Å². The van der Waals surface area contributed by atoms with Gasteiger partial charge in [-0.3, -0.25) is 0 Å². The Morgan fingerprint density at radius 3 is 2.54 bits per heavy atom. The van der Waals surface area contributed by atoms with Crippen molar-refractivity contribution in [1.29, 1.82) is 0 Å². The van der Waals surface area contributed by atoms with Gasteiger partial charge in [-0.15, -0.1) is 0 Å². The quantitative estimate of drug-likeness (QED) is 0.387. The predicted molar refractivity (Wildman–Crippen MR) is 58.4 cm³/mol. The molecule has 0 aliphatic carbocycles. The highest BCUT2D eigenvalue weighted by Gasteiger charge is 2.28. The SMILES string of the molecule is C=CC(=O)OC[Si](C)(C)C(C)CC. The molecule has 3 heteroatoms. The summed E-state index contributed by atoms with van der Waals surface area (Å²) in [4.78, 5) is 10.9. The molecule has 0 rings (SSSR count). The molecule has 13 heavy (non-hydrogen) atoms. The van der Waals surface area contributed by atoms with E-state index in [2.05, 4.69) is 33.5 Å². The van der Waals surface area contributed by atoms with E-state index in [0.29, 0.717) is 11.8 Å². The molecule has 2 nitrogen and oxygen atoms in total. The summed E-state index contributed by atoms with van der Waals surface area (Å²) in [6.45, 7) is 12.3. The molecule has 76 valence electrons. The molecule has 0 bridgehead atoms. The number of ether oxygens (including phenoxy) is 1. The van der Waals surface area contributed by atoms with Crippen molar-refractivity contribution < 1.29 is 9.53 Å². The van der Waals surface area contributed by atoms with Gasteiger partial charge in [0.05, 0.1) is 14.3 Å². The summed E-state index contributed by atoms with van der Waals surface area (Å²) in [6, 6.07) is 0. The van der Waals surface area contributed by atoms with Crippen LogP contribution < -0.4 is 0 Å². The lowest BCUT2D eigenvalue weighted by Crippen LogP contribution is -2.38. The van der Waals surface area contributed by atoms with Crippen molar-refractivity contribution in [2.45, 2.75) is 38.9 Å². The molecule has 0 amide bonds. The zero-order valence-electron chi connectivity index (χ0n) is 9.09. The number of rotatable bonds is 5. The molecule has 0 aromatic rings. The van der Waals surface area contributed by atoms with Crippen LogP contribution in [0.2, 0.25) is 18.6 Å². The molecule has 0 heterocycles. The van der Waals surface area contributed by atoms with Gasteiger partial charge in [-0.2, -0.15) is 0 Å². The van der Waals surface area contributed by atoms with E-state index in [4.69, 9.17) is 4.74 Å². The zero-order chi connectivity index (χ0) is 10.5. The van der Waals surface area contributed by atoms with Crippen molar-refractivity contribution in [3.05, 3.63) is 12.7 Å². The highest BCUT2D eigenvalue weighted by Crippen LogP contribution is 2.24. The molecule has 0 spiro atoms. The molecule has 0 aromatic heterocycles. The minimum Gasteiger partial charge on any atom is -0.466 e. The minimum absolute atomic E-state index is 0.302. The summed E-state index contributed by atoms with van der Waals surface area (Å²) in [5.41, 5.74) is 0.685. The fourth-order valence-corrected chi connectivity index (χ4v) is 2.91. The predicted octanol–water partition coefficient (Wildman–Crippen LogP) is 2.76. The average Bonchev–Trinajstić information content (AvgIpc) is 2.12. The molecule has 0 N–H and O–H groups in total. The van der Waals surface area contributed by atoms with Crippen LogP contribution in [-0.2, 0) is 9.53 Å². The van der Waals surface area contributed by atoms with Crippen LogP contribution in [0.1, 0.15) is 20.3 Å². The summed E-state index contributed by atoms with van der Waals surface area (Å²) in [7, 11) is -1.38. The van der Waals surface area contributed by atoms with Crippen LogP contribution in [0.25, 0.3) is 0 Å². The molecule has 1 unspecified atom stereocenters. The van der Waals surface area contributed by atoms with Gasteiger partial charge in [0, 0.05) is 6.08 Å². The van der Waals surface area contributed by atoms with E-state index in [1.807, 2.05) is 0 Å². The highest BCUT2D eigenvalue weighted by molar-refractivity contribution is 6.78. The Hall–Kier alpha value is -0.573. The van der Waals surface area contributed by atoms with Crippen LogP contribution in [-0.4, -0.2) is 20.3 Å². The van der Waals surface area contributed by atoms with E-state index in [1.165, 1.54) is 6.08 Å². The Morgan fingerprint density at radius 2 is 2.15 bits per heavy atom. The van der Waals surface area contributed by atoms with E-state index in [1.54, 1.807) is 0 Å². The summed E-state index contributed by atoms with van der Waals surface area (Å²) in [5.74, 6) is -0.302. The molecule has 0 aliphatic rings. The van der Waals surface area contributed by atoms with E-state index < -0.39 is 8.07 Å². The lowest BCUT2D eigenvalue weighted by Gasteiger charge is -2.27. The van der Waals surface area contributed by atoms with E-state index >= 15 is 0 Å². The minimum atomic E-state index is -1.38. The first kappa shape index (κ1) is 12.4. The second kappa shape index (κ2) is 5.22. The van der Waals surface area contributed by atoms with Gasteiger partial charge < -0.3 is 4.74 Å². The van der Waals surface area contributed by atoms with Crippen LogP contribution in [0, 0.1) is 0 Å². The van der Waals surface area contributed by atoms with Crippen molar-refractivity contribution in [3.63, 3.8) is 0 Å². The third-order valence-corrected chi connectivity index (χ3v) is 6.66. The number of hydrogen-bond donors (Lipinski definition) is 0. The van der Waals surface area contributed by atoms with Gasteiger partial charge in [0.1, 0.15) is 0 Å². The van der Waals surface area contributed by atoms with Gasteiger partial charge in [-0.1, -0.05) is 39.9 Å². The third kappa shape index (κ3) is 4.27. The van der Waals surface area contributed by atoms with E-state index in [0.717, 1.165) is 6.42 Å². The maximum absolute atomic E-state index is 10.9. The Kier molecular flexibility index (Phi) is 4.99. The second-order valence-corrected chi connectivity index (χ2v) is 9.36. The Balaban J connectivity index is 4.02. The summed E-state index contributed by atoms with van der Waals surface area (Å²) in [5, 5.41) is 0. The smallest absolute Gasteiger partial charge is 0.329 e. The molecule has 1 atom stereocenters. The maximum Gasteiger partial charge on any atom is 0.329 e. The molecule has 0 saturated carbocycles. The van der Waals surface area contributed by atoms with Crippen LogP contribution in [0.15, 0.2) is 12.7 Å². The lowest BCUT2D eigenvalue weighted by molar-refractivity contribution is -0.136. The topological polar surface area (TPSA) is 26.3 Å². The summed E-state index contributed by atoms with van der Waals surface area (Å²) in [6.07, 6.45) is 2.98. The summed E-state index contributed by atoms with van der Waals surface area (Å²) >= 11 is 0. The second-order valence-electron chi connectivity index (χ2n) is 4.11. The first-order valence-electron chi connectivity index (χ1n) is 4.73. The average molecular weight is 200 g/mol. The molecular formula is C10H20O2Si. The monoisotopic (exact) mass is 200 g/mol. The standard InChI is InChI=1S/C10H20O2Si/c1-6-9(3)13(4,5)8-12-10(11)7-2/h7,9H,2,6,8H2,1,3-5H3. The van der Waals surface area contributed by atoms with Gasteiger partial charge >= 0.3 is 5.97 Å². The highest BCUT2D eigenvalue weighted by atomic mass is 28.3. The molecule has 0 aromatic carbocycles. The fourth-order valence-electron chi connectivity index (χ4n) is 1.01. The third-order valence-electron chi connectivity index (χ3n) is 2.70. The number of carbonyl (C=O) groups excluding carboxylic acids is 1. The molecule has 0 fully saturated rings. The Labute approximate surface area is 82.0 Å². The first-order chi connectivity index (χ1) is 5.94. The zero-order valence-corrected chi connectivity index (χ0v) is 10.1. The van der Waals surface area contributed by atoms with Crippen molar-refractivity contribution in [3.8, 4) is 0 Å². The number of hydrogen-bond acceptors (Lipinski definition) is 2. The van der Waals surface area contributed by atoms with Gasteiger partial charge in [-0.25, -0.2) is 4.79 Å². The lowest BCUT2D eigenvalue weighted by atomic mass is 10.4. The van der Waals surface area contributed by atoms with Crippen LogP contribution in [0.4, 0.5) is 0 Å². The fraction of sp³-hybridized carbons (Fsp3) is 0.700. The van der Waals surface area contributed by atoms with Crippen molar-refractivity contribution in [1.82, 2.24) is 0 Å². The Morgan fingerprint density at radius 1 is 1.62 bits per heavy atom. The largest absolute Gasteiger partial charge is 0.466 e. The van der Waals surface area contributed by atoms with Gasteiger partial charge in [0.2, 0.25) is 0 Å². The molecular weight excluding hydrogens is 180 g/mol. The van der Waals surface area contributed by atoms with Gasteiger partial charge in [0.25, 0.3) is 0 Å². The van der Waals surface area contributed by atoms with Gasteiger partial charge in [0.15, 0.2) is 0 Å². The molecule has 0 radical (unpaired) electrons. The number of esters is 1. The summed E-state index contributed by atoms with van der Waals surface area (Å²) < 4.78 is 5.08. The van der Waals surface area contributed by atoms with E-state index in [-0.39, 0.29) is 5.97 Å². The van der Waals surface area contributed by atoms with Crippen molar-refractivity contribution >= 4 is 14.0 Å². The maximum atomic E-state index is 10.9. The number of carbonyl (C=O) groups is 1. The van der Waals surface area contributed by atoms with Crippen molar-refractivity contribution in [2.75, 3.05) is 6.23 Å². The van der Waals surface area contributed by atoms with Gasteiger partial charge in [-0.05, 0) is 5.54 Å². The van der Waals surface area contributed by atoms with Crippen LogP contribution in [0.5, 0.6) is 0 Å². The van der Waals surface area contributed by atoms with Crippen LogP contribution >= 0.6 is 0 Å². The first-order valence-corrected chi connectivity index (χ1v) is 8.01.